The van der Waals surface area contributed by atoms with Crippen molar-refractivity contribution in [3.8, 4) is 0 Å². The van der Waals surface area contributed by atoms with Crippen LogP contribution < -0.4 is 5.32 Å². The zero-order valence-corrected chi connectivity index (χ0v) is 10.7. The maximum absolute atomic E-state index is 9.87. The molecule has 0 radical (unpaired) electrons. The molecule has 2 N–H and O–H groups in total. The summed E-state index contributed by atoms with van der Waals surface area (Å²) in [6, 6.07) is 0. The third-order valence-corrected chi connectivity index (χ3v) is 1.81. The van der Waals surface area contributed by atoms with Crippen molar-refractivity contribution in [3.05, 3.63) is 0 Å². The van der Waals surface area contributed by atoms with E-state index < -0.39 is 5.97 Å². The molecule has 0 atom stereocenters. The molecular weight excluding hydrogens is 206 g/mol. The number of carbonyl (C=O) groups excluding carboxylic acids is 1. The van der Waals surface area contributed by atoms with Gasteiger partial charge >= 0.3 is 5.97 Å². The zero-order valence-electron chi connectivity index (χ0n) is 10.7. The van der Waals surface area contributed by atoms with Crippen LogP contribution in [-0.4, -0.2) is 29.9 Å². The van der Waals surface area contributed by atoms with Crippen molar-refractivity contribution in [3.63, 3.8) is 0 Å². The first-order valence-corrected chi connectivity index (χ1v) is 5.96. The number of nitrogens with one attached hydrogen (secondary N) is 1. The Hall–Kier alpha value is -0.900. The van der Waals surface area contributed by atoms with Crippen LogP contribution in [0.1, 0.15) is 52.9 Å². The van der Waals surface area contributed by atoms with E-state index in [1.165, 1.54) is 45.7 Å². The summed E-state index contributed by atoms with van der Waals surface area (Å²) in [6.07, 6.45) is 4.89. The fourth-order valence-electron chi connectivity index (χ4n) is 0.942. The number of Topliss-reactive ketones (excluding diaryl/α,β-unsaturated/α-hetero) is 1. The number of hydrogen-bond donors (Lipinski definition) is 2. The highest BCUT2D eigenvalue weighted by Crippen LogP contribution is 1.85. The van der Waals surface area contributed by atoms with E-state index in [1.807, 2.05) is 0 Å². The summed E-state index contributed by atoms with van der Waals surface area (Å²) in [7, 11) is 0. The van der Waals surface area contributed by atoms with E-state index in [0.29, 0.717) is 0 Å². The lowest BCUT2D eigenvalue weighted by atomic mass is 10.3. The lowest BCUT2D eigenvalue weighted by Crippen LogP contribution is -2.15. The standard InChI is InChI=1S/C8H19N.C4H6O3/c1-3-5-7-9-8-6-4-2;1-3(5)2-4(6)7/h9H,3-8H2,1-2H3;2H2,1H3,(H,6,7). The van der Waals surface area contributed by atoms with Crippen molar-refractivity contribution in [1.82, 2.24) is 5.32 Å². The average Bonchev–Trinajstić information content (AvgIpc) is 2.16. The summed E-state index contributed by atoms with van der Waals surface area (Å²) in [6.45, 7) is 8.10. The molecule has 0 aliphatic rings. The second-order valence-corrected chi connectivity index (χ2v) is 3.73. The van der Waals surface area contributed by atoms with Crippen LogP contribution in [0.4, 0.5) is 0 Å². The molecule has 0 aliphatic heterocycles. The maximum atomic E-state index is 9.87. The molecule has 0 bridgehead atoms. The van der Waals surface area contributed by atoms with Crippen molar-refractivity contribution in [2.24, 2.45) is 0 Å². The molecule has 0 fully saturated rings. The number of rotatable bonds is 8. The Morgan fingerprint density at radius 1 is 1.06 bits per heavy atom. The summed E-state index contributed by atoms with van der Waals surface area (Å²) in [5.74, 6) is -1.37. The van der Waals surface area contributed by atoms with Gasteiger partial charge in [0, 0.05) is 0 Å². The summed E-state index contributed by atoms with van der Waals surface area (Å²) in [4.78, 5) is 19.5. The van der Waals surface area contributed by atoms with Gasteiger partial charge in [0.1, 0.15) is 12.2 Å². The van der Waals surface area contributed by atoms with E-state index in [2.05, 4.69) is 19.2 Å². The Kier molecular flexibility index (Phi) is 15.4. The summed E-state index contributed by atoms with van der Waals surface area (Å²) in [5.41, 5.74) is 0. The van der Waals surface area contributed by atoms with Crippen LogP contribution in [0.2, 0.25) is 0 Å². The van der Waals surface area contributed by atoms with Crippen LogP contribution in [0.25, 0.3) is 0 Å². The van der Waals surface area contributed by atoms with Gasteiger partial charge < -0.3 is 10.4 Å². The van der Waals surface area contributed by atoms with E-state index in [1.54, 1.807) is 0 Å². The summed E-state index contributed by atoms with van der Waals surface area (Å²) >= 11 is 0. The monoisotopic (exact) mass is 231 g/mol. The van der Waals surface area contributed by atoms with Crippen molar-refractivity contribution >= 4 is 11.8 Å². The van der Waals surface area contributed by atoms with Crippen molar-refractivity contribution in [2.75, 3.05) is 13.1 Å². The first-order chi connectivity index (χ1) is 7.54. The topological polar surface area (TPSA) is 66.4 Å². The lowest BCUT2D eigenvalue weighted by molar-refractivity contribution is -0.139. The predicted octanol–water partition coefficient (Wildman–Crippen LogP) is 2.23. The quantitative estimate of drug-likeness (QED) is 0.496. The van der Waals surface area contributed by atoms with E-state index >= 15 is 0 Å². The molecule has 4 heteroatoms. The highest BCUT2D eigenvalue weighted by atomic mass is 16.4. The number of hydrogen-bond acceptors (Lipinski definition) is 3. The van der Waals surface area contributed by atoms with Gasteiger partial charge in [-0.25, -0.2) is 0 Å². The Morgan fingerprint density at radius 3 is 1.69 bits per heavy atom. The molecule has 0 aromatic carbocycles. The van der Waals surface area contributed by atoms with Crippen molar-refractivity contribution in [2.45, 2.75) is 52.9 Å². The number of carboxylic acid groups (broad SMARTS) is 1. The molecule has 0 amide bonds. The molecule has 0 heterocycles. The van der Waals surface area contributed by atoms with Gasteiger partial charge in [-0.15, -0.1) is 0 Å². The summed E-state index contributed by atoms with van der Waals surface area (Å²) < 4.78 is 0. The fraction of sp³-hybridized carbons (Fsp3) is 0.833. The number of carboxylic acids is 1. The Morgan fingerprint density at radius 2 is 1.50 bits per heavy atom. The molecular formula is C12H25NO3. The second-order valence-electron chi connectivity index (χ2n) is 3.73. The van der Waals surface area contributed by atoms with Gasteiger partial charge in [-0.3, -0.25) is 9.59 Å². The first-order valence-electron chi connectivity index (χ1n) is 5.96. The van der Waals surface area contributed by atoms with Gasteiger partial charge in [-0.05, 0) is 32.9 Å². The van der Waals surface area contributed by atoms with E-state index in [0.717, 1.165) is 0 Å². The van der Waals surface area contributed by atoms with Gasteiger partial charge in [-0.1, -0.05) is 26.7 Å². The van der Waals surface area contributed by atoms with Gasteiger partial charge in [0.25, 0.3) is 0 Å². The third kappa shape index (κ3) is 23.2. The second kappa shape index (κ2) is 14.1. The van der Waals surface area contributed by atoms with Crippen LogP contribution in [0.3, 0.4) is 0 Å². The van der Waals surface area contributed by atoms with Crippen LogP contribution in [0, 0.1) is 0 Å². The van der Waals surface area contributed by atoms with Crippen LogP contribution in [-0.2, 0) is 9.59 Å². The van der Waals surface area contributed by atoms with Gasteiger partial charge in [0.15, 0.2) is 0 Å². The largest absolute Gasteiger partial charge is 0.481 e. The van der Waals surface area contributed by atoms with E-state index in [4.69, 9.17) is 5.11 Å². The molecule has 0 aliphatic carbocycles. The SMILES string of the molecule is CC(=O)CC(=O)O.CCCCNCCCC. The van der Waals surface area contributed by atoms with Gasteiger partial charge in [-0.2, -0.15) is 0 Å². The fourth-order valence-corrected chi connectivity index (χ4v) is 0.942. The molecule has 16 heavy (non-hydrogen) atoms. The molecule has 0 aromatic heterocycles. The Balaban J connectivity index is 0. The molecule has 4 nitrogen and oxygen atoms in total. The van der Waals surface area contributed by atoms with Gasteiger partial charge in [0.2, 0.25) is 0 Å². The van der Waals surface area contributed by atoms with Crippen LogP contribution in [0.15, 0.2) is 0 Å². The molecule has 0 unspecified atom stereocenters. The highest BCUT2D eigenvalue weighted by molar-refractivity contribution is 5.93. The summed E-state index contributed by atoms with van der Waals surface area (Å²) in [5, 5.41) is 11.3. The molecule has 0 rings (SSSR count). The van der Waals surface area contributed by atoms with E-state index in [-0.39, 0.29) is 12.2 Å². The third-order valence-electron chi connectivity index (χ3n) is 1.81. The van der Waals surface area contributed by atoms with Crippen molar-refractivity contribution in [1.29, 1.82) is 0 Å². The molecule has 96 valence electrons. The molecule has 0 aromatic rings. The Bertz CT molecular complexity index is 163. The normalized spacial score (nSPS) is 9.19. The minimum atomic E-state index is -1.06. The smallest absolute Gasteiger partial charge is 0.310 e. The maximum Gasteiger partial charge on any atom is 0.310 e. The van der Waals surface area contributed by atoms with Crippen LogP contribution >= 0.6 is 0 Å². The average molecular weight is 231 g/mol. The van der Waals surface area contributed by atoms with Crippen LogP contribution in [0.5, 0.6) is 0 Å². The zero-order chi connectivity index (χ0) is 12.8. The minimum absolute atomic E-state index is 0.312. The number of aliphatic carboxylic acids is 1. The first kappa shape index (κ1) is 17.5. The number of carbonyl (C=O) groups is 2. The number of unbranched alkanes of at least 4 members (excludes halogenated alkanes) is 2. The predicted molar refractivity (Wildman–Crippen MR) is 65.6 cm³/mol. The van der Waals surface area contributed by atoms with Crippen molar-refractivity contribution < 1.29 is 14.7 Å². The number of ketones is 1. The molecule has 0 spiro atoms. The lowest BCUT2D eigenvalue weighted by Gasteiger charge is -1.99. The van der Waals surface area contributed by atoms with Gasteiger partial charge in [0.05, 0.1) is 0 Å². The molecule has 0 saturated carbocycles. The Labute approximate surface area is 98.4 Å². The van der Waals surface area contributed by atoms with E-state index in [9.17, 15) is 9.59 Å². The molecule has 0 saturated heterocycles. The minimum Gasteiger partial charge on any atom is -0.481 e. The highest BCUT2D eigenvalue weighted by Gasteiger charge is 1.98.